The van der Waals surface area contributed by atoms with E-state index in [1.54, 1.807) is 18.3 Å². The zero-order valence-corrected chi connectivity index (χ0v) is 12.8. The zero-order chi connectivity index (χ0) is 15.0. The Morgan fingerprint density at radius 3 is 2.95 bits per heavy atom. The summed E-state index contributed by atoms with van der Waals surface area (Å²) in [7, 11) is 0. The average molecular weight is 323 g/mol. The normalized spacial score (nSPS) is 18.3. The van der Waals surface area contributed by atoms with Crippen molar-refractivity contribution in [1.82, 2.24) is 4.98 Å². The van der Waals surface area contributed by atoms with Crippen LogP contribution in [0.4, 0.5) is 10.2 Å². The molecule has 3 rings (SSSR count). The van der Waals surface area contributed by atoms with Gasteiger partial charge in [0.25, 0.3) is 0 Å². The van der Waals surface area contributed by atoms with Crippen LogP contribution in [0.5, 0.6) is 0 Å². The number of amides is 1. The molecule has 21 heavy (non-hydrogen) atoms. The SMILES string of the molecule is Cc1ccnc(N2C(=O)CSC2c2c(F)cccc2Cl)c1. The first-order valence-electron chi connectivity index (χ1n) is 6.38. The number of nitrogens with zero attached hydrogens (tertiary/aromatic N) is 2. The highest BCUT2D eigenvalue weighted by molar-refractivity contribution is 8.00. The highest BCUT2D eigenvalue weighted by Crippen LogP contribution is 2.44. The van der Waals surface area contributed by atoms with Crippen LogP contribution in [-0.4, -0.2) is 16.6 Å². The summed E-state index contributed by atoms with van der Waals surface area (Å²) in [6, 6.07) is 8.20. The fourth-order valence-electron chi connectivity index (χ4n) is 2.28. The summed E-state index contributed by atoms with van der Waals surface area (Å²) >= 11 is 7.48. The first-order chi connectivity index (χ1) is 10.1. The second-order valence-corrected chi connectivity index (χ2v) is 6.23. The molecule has 0 spiro atoms. The minimum absolute atomic E-state index is 0.0950. The lowest BCUT2D eigenvalue weighted by Gasteiger charge is -2.24. The molecule has 1 aliphatic rings. The van der Waals surface area contributed by atoms with Crippen LogP contribution in [0.3, 0.4) is 0 Å². The number of carbonyl (C=O) groups excluding carboxylic acids is 1. The number of hydrogen-bond donors (Lipinski definition) is 0. The van der Waals surface area contributed by atoms with Crippen molar-refractivity contribution >= 4 is 35.1 Å². The molecule has 1 fully saturated rings. The number of aryl methyl sites for hydroxylation is 1. The number of anilines is 1. The lowest BCUT2D eigenvalue weighted by Crippen LogP contribution is -2.29. The smallest absolute Gasteiger partial charge is 0.239 e. The van der Waals surface area contributed by atoms with Gasteiger partial charge in [-0.3, -0.25) is 9.69 Å². The van der Waals surface area contributed by atoms with Crippen molar-refractivity contribution in [3.05, 3.63) is 58.5 Å². The van der Waals surface area contributed by atoms with Crippen LogP contribution in [0.15, 0.2) is 36.5 Å². The van der Waals surface area contributed by atoms with Crippen molar-refractivity contribution in [3.63, 3.8) is 0 Å². The standard InChI is InChI=1S/C15H12ClFN2OS/c1-9-5-6-18-12(7-9)19-13(20)8-21-15(19)14-10(16)3-2-4-11(14)17/h2-7,15H,8H2,1H3. The van der Waals surface area contributed by atoms with Gasteiger partial charge >= 0.3 is 0 Å². The van der Waals surface area contributed by atoms with E-state index < -0.39 is 11.2 Å². The van der Waals surface area contributed by atoms with E-state index in [1.807, 2.05) is 19.1 Å². The Labute approximate surface area is 131 Å². The third-order valence-electron chi connectivity index (χ3n) is 3.26. The fourth-order valence-corrected chi connectivity index (χ4v) is 3.84. The monoisotopic (exact) mass is 322 g/mol. The highest BCUT2D eigenvalue weighted by atomic mass is 35.5. The molecule has 2 aromatic rings. The Morgan fingerprint density at radius 2 is 2.24 bits per heavy atom. The van der Waals surface area contributed by atoms with Crippen LogP contribution in [0.25, 0.3) is 0 Å². The van der Waals surface area contributed by atoms with Gasteiger partial charge in [0.1, 0.15) is 17.0 Å². The van der Waals surface area contributed by atoms with E-state index >= 15 is 0 Å². The lowest BCUT2D eigenvalue weighted by atomic mass is 10.2. The van der Waals surface area contributed by atoms with Gasteiger partial charge in [-0.1, -0.05) is 17.7 Å². The Kier molecular flexibility index (Phi) is 3.87. The summed E-state index contributed by atoms with van der Waals surface area (Å²) in [4.78, 5) is 17.9. The molecule has 1 aliphatic heterocycles. The largest absolute Gasteiger partial charge is 0.279 e. The molecule has 1 atom stereocenters. The molecule has 0 saturated carbocycles. The molecule has 1 aromatic carbocycles. The second kappa shape index (κ2) is 5.66. The number of pyridine rings is 1. The van der Waals surface area contributed by atoms with Crippen LogP contribution in [0.1, 0.15) is 16.5 Å². The fraction of sp³-hybridized carbons (Fsp3) is 0.200. The molecule has 2 heterocycles. The Hall–Kier alpha value is -1.59. The number of thioether (sulfide) groups is 1. The number of carbonyl (C=O) groups is 1. The van der Waals surface area contributed by atoms with Gasteiger partial charge in [-0.25, -0.2) is 9.37 Å². The van der Waals surface area contributed by atoms with Crippen molar-refractivity contribution in [2.45, 2.75) is 12.3 Å². The van der Waals surface area contributed by atoms with Gasteiger partial charge in [-0.05, 0) is 36.8 Å². The predicted molar refractivity (Wildman–Crippen MR) is 83.1 cm³/mol. The zero-order valence-electron chi connectivity index (χ0n) is 11.2. The van der Waals surface area contributed by atoms with Gasteiger partial charge in [-0.15, -0.1) is 11.8 Å². The van der Waals surface area contributed by atoms with E-state index in [2.05, 4.69) is 4.98 Å². The Morgan fingerprint density at radius 1 is 1.43 bits per heavy atom. The van der Waals surface area contributed by atoms with Crippen molar-refractivity contribution < 1.29 is 9.18 Å². The lowest BCUT2D eigenvalue weighted by molar-refractivity contribution is -0.115. The van der Waals surface area contributed by atoms with Crippen LogP contribution in [0, 0.1) is 12.7 Å². The molecule has 1 saturated heterocycles. The van der Waals surface area contributed by atoms with E-state index in [-0.39, 0.29) is 11.7 Å². The first-order valence-corrected chi connectivity index (χ1v) is 7.81. The van der Waals surface area contributed by atoms with E-state index in [4.69, 9.17) is 11.6 Å². The summed E-state index contributed by atoms with van der Waals surface area (Å²) in [5.74, 6) is 0.300. The molecule has 6 heteroatoms. The molecule has 0 radical (unpaired) electrons. The minimum Gasteiger partial charge on any atom is -0.279 e. The van der Waals surface area contributed by atoms with Crippen molar-refractivity contribution in [1.29, 1.82) is 0 Å². The van der Waals surface area contributed by atoms with Crippen molar-refractivity contribution in [3.8, 4) is 0 Å². The number of halogens is 2. The van der Waals surface area contributed by atoms with Gasteiger partial charge in [0, 0.05) is 16.8 Å². The molecule has 0 bridgehead atoms. The summed E-state index contributed by atoms with van der Waals surface area (Å²) in [6.07, 6.45) is 1.64. The summed E-state index contributed by atoms with van der Waals surface area (Å²) < 4.78 is 14.1. The van der Waals surface area contributed by atoms with Crippen LogP contribution < -0.4 is 4.90 Å². The van der Waals surface area contributed by atoms with Crippen LogP contribution in [0.2, 0.25) is 5.02 Å². The van der Waals surface area contributed by atoms with Gasteiger partial charge in [-0.2, -0.15) is 0 Å². The Bertz CT molecular complexity index is 690. The maximum Gasteiger partial charge on any atom is 0.239 e. The third kappa shape index (κ3) is 2.63. The minimum atomic E-state index is -0.486. The molecular weight excluding hydrogens is 311 g/mol. The van der Waals surface area contributed by atoms with Gasteiger partial charge in [0.2, 0.25) is 5.91 Å². The molecule has 1 aromatic heterocycles. The molecule has 3 nitrogen and oxygen atoms in total. The van der Waals surface area contributed by atoms with Crippen molar-refractivity contribution in [2.75, 3.05) is 10.7 Å². The summed E-state index contributed by atoms with van der Waals surface area (Å²) in [5.41, 5.74) is 1.32. The molecule has 0 N–H and O–H groups in total. The maximum atomic E-state index is 14.1. The maximum absolute atomic E-state index is 14.1. The molecule has 0 aliphatic carbocycles. The van der Waals surface area contributed by atoms with Gasteiger partial charge < -0.3 is 0 Å². The number of rotatable bonds is 2. The van der Waals surface area contributed by atoms with Crippen LogP contribution >= 0.6 is 23.4 Å². The van der Waals surface area contributed by atoms with E-state index in [9.17, 15) is 9.18 Å². The molecule has 108 valence electrons. The average Bonchev–Trinajstić information content (AvgIpc) is 2.80. The van der Waals surface area contributed by atoms with Crippen LogP contribution in [-0.2, 0) is 4.79 Å². The quantitative estimate of drug-likeness (QED) is 0.839. The Balaban J connectivity index is 2.08. The second-order valence-electron chi connectivity index (χ2n) is 4.75. The predicted octanol–water partition coefficient (Wildman–Crippen LogP) is 3.96. The highest BCUT2D eigenvalue weighted by Gasteiger charge is 2.37. The molecule has 1 unspecified atom stereocenters. The first kappa shape index (κ1) is 14.4. The third-order valence-corrected chi connectivity index (χ3v) is 4.77. The number of hydrogen-bond acceptors (Lipinski definition) is 3. The number of aromatic nitrogens is 1. The van der Waals surface area contributed by atoms with E-state index in [0.29, 0.717) is 16.4 Å². The van der Waals surface area contributed by atoms with E-state index in [0.717, 1.165) is 5.56 Å². The van der Waals surface area contributed by atoms with Crippen molar-refractivity contribution in [2.24, 2.45) is 0 Å². The summed E-state index contributed by atoms with van der Waals surface area (Å²) in [6.45, 7) is 1.92. The topological polar surface area (TPSA) is 33.2 Å². The summed E-state index contributed by atoms with van der Waals surface area (Å²) in [5, 5.41) is -0.166. The van der Waals surface area contributed by atoms with Gasteiger partial charge in [0.05, 0.1) is 5.75 Å². The van der Waals surface area contributed by atoms with Gasteiger partial charge in [0.15, 0.2) is 0 Å². The molecule has 1 amide bonds. The number of benzene rings is 1. The molecular formula is C15H12ClFN2OS. The van der Waals surface area contributed by atoms with E-state index in [1.165, 1.54) is 22.7 Å².